The zero-order valence-electron chi connectivity index (χ0n) is 10.5. The summed E-state index contributed by atoms with van der Waals surface area (Å²) in [6.45, 7) is 1.57. The Kier molecular flexibility index (Phi) is 5.03. The Hall–Kier alpha value is -1.49. The first kappa shape index (κ1) is 13.6. The predicted octanol–water partition coefficient (Wildman–Crippen LogP) is 1.24. The molecule has 0 unspecified atom stereocenters. The van der Waals surface area contributed by atoms with Gasteiger partial charge in [-0.1, -0.05) is 0 Å². The Bertz CT molecular complexity index is 382. The van der Waals surface area contributed by atoms with Gasteiger partial charge in [-0.3, -0.25) is 4.79 Å². The maximum absolute atomic E-state index is 12.9. The number of carbonyl (C=O) groups excluding carboxylic acids is 1. The molecular weight excluding hydrogens is 221 g/mol. The summed E-state index contributed by atoms with van der Waals surface area (Å²) in [7, 11) is 5.69. The first-order valence-electron chi connectivity index (χ1n) is 5.52. The lowest BCUT2D eigenvalue weighted by molar-refractivity contribution is 0.0790. The molecule has 5 heteroatoms. The molecule has 1 aromatic rings. The van der Waals surface area contributed by atoms with Crippen LogP contribution in [0.15, 0.2) is 18.3 Å². The Balaban J connectivity index is 2.52. The molecule has 0 bridgehead atoms. The smallest absolute Gasteiger partial charge is 0.253 e. The summed E-state index contributed by atoms with van der Waals surface area (Å²) in [6.07, 6.45) is 2.19. The first-order chi connectivity index (χ1) is 8.00. The number of amides is 1. The van der Waals surface area contributed by atoms with Crippen LogP contribution in [0.2, 0.25) is 0 Å². The molecule has 1 heterocycles. The van der Waals surface area contributed by atoms with Gasteiger partial charge in [0.15, 0.2) is 0 Å². The van der Waals surface area contributed by atoms with Gasteiger partial charge in [-0.2, -0.15) is 4.39 Å². The van der Waals surface area contributed by atoms with Gasteiger partial charge in [-0.05, 0) is 33.1 Å². The molecule has 1 amide bonds. The molecule has 0 atom stereocenters. The maximum Gasteiger partial charge on any atom is 0.253 e. The summed E-state index contributed by atoms with van der Waals surface area (Å²) in [5.41, 5.74) is 0.338. The summed E-state index contributed by atoms with van der Waals surface area (Å²) in [5, 5.41) is 0. The van der Waals surface area contributed by atoms with Gasteiger partial charge < -0.3 is 9.80 Å². The Labute approximate surface area is 101 Å². The van der Waals surface area contributed by atoms with E-state index < -0.39 is 5.95 Å². The molecule has 1 rings (SSSR count). The molecule has 0 spiro atoms. The Morgan fingerprint density at radius 2 is 2.06 bits per heavy atom. The normalized spacial score (nSPS) is 10.6. The van der Waals surface area contributed by atoms with E-state index >= 15 is 0 Å². The maximum atomic E-state index is 12.9. The van der Waals surface area contributed by atoms with Crippen LogP contribution in [0.3, 0.4) is 0 Å². The van der Waals surface area contributed by atoms with Crippen LogP contribution in [0.25, 0.3) is 0 Å². The molecule has 0 aliphatic carbocycles. The fraction of sp³-hybridized carbons (Fsp3) is 0.500. The van der Waals surface area contributed by atoms with Crippen molar-refractivity contribution in [3.05, 3.63) is 29.8 Å². The second kappa shape index (κ2) is 6.30. The molecule has 17 heavy (non-hydrogen) atoms. The van der Waals surface area contributed by atoms with Crippen LogP contribution >= 0.6 is 0 Å². The zero-order valence-corrected chi connectivity index (χ0v) is 10.5. The standard InChI is InChI=1S/C12H18FN3O/c1-15(2)7-4-8-16(3)12(17)10-5-6-14-11(13)9-10/h5-6,9H,4,7-8H2,1-3H3. The van der Waals surface area contributed by atoms with Gasteiger partial charge in [-0.15, -0.1) is 0 Å². The van der Waals surface area contributed by atoms with E-state index in [-0.39, 0.29) is 5.91 Å². The molecule has 0 saturated heterocycles. The Morgan fingerprint density at radius 1 is 1.35 bits per heavy atom. The highest BCUT2D eigenvalue weighted by molar-refractivity contribution is 5.93. The van der Waals surface area contributed by atoms with Crippen LogP contribution in [-0.2, 0) is 0 Å². The number of nitrogens with zero attached hydrogens (tertiary/aromatic N) is 3. The predicted molar refractivity (Wildman–Crippen MR) is 64.3 cm³/mol. The van der Waals surface area contributed by atoms with Crippen molar-refractivity contribution in [3.63, 3.8) is 0 Å². The van der Waals surface area contributed by atoms with Crippen LogP contribution in [-0.4, -0.2) is 54.9 Å². The van der Waals surface area contributed by atoms with Crippen molar-refractivity contribution in [2.75, 3.05) is 34.2 Å². The molecule has 94 valence electrons. The van der Waals surface area contributed by atoms with Gasteiger partial charge in [0.1, 0.15) is 0 Å². The Morgan fingerprint density at radius 3 is 2.65 bits per heavy atom. The average Bonchev–Trinajstić information content (AvgIpc) is 2.27. The van der Waals surface area contributed by atoms with Gasteiger partial charge in [0.05, 0.1) is 0 Å². The highest BCUT2D eigenvalue weighted by Gasteiger charge is 2.12. The molecule has 4 nitrogen and oxygen atoms in total. The van der Waals surface area contributed by atoms with Gasteiger partial charge in [0.2, 0.25) is 5.95 Å². The third-order valence-electron chi connectivity index (χ3n) is 2.42. The van der Waals surface area contributed by atoms with E-state index in [2.05, 4.69) is 9.88 Å². The van der Waals surface area contributed by atoms with Crippen molar-refractivity contribution in [2.24, 2.45) is 0 Å². The molecule has 0 N–H and O–H groups in total. The lowest BCUT2D eigenvalue weighted by atomic mass is 10.2. The van der Waals surface area contributed by atoms with Crippen LogP contribution in [0.5, 0.6) is 0 Å². The van der Waals surface area contributed by atoms with Crippen molar-refractivity contribution in [2.45, 2.75) is 6.42 Å². The van der Waals surface area contributed by atoms with E-state index in [0.29, 0.717) is 12.1 Å². The summed E-state index contributed by atoms with van der Waals surface area (Å²) in [4.78, 5) is 19.0. The number of halogens is 1. The average molecular weight is 239 g/mol. The highest BCUT2D eigenvalue weighted by atomic mass is 19.1. The van der Waals surface area contributed by atoms with Gasteiger partial charge in [0.25, 0.3) is 5.91 Å². The van der Waals surface area contributed by atoms with E-state index in [1.807, 2.05) is 14.1 Å². The van der Waals surface area contributed by atoms with Gasteiger partial charge >= 0.3 is 0 Å². The number of hydrogen-bond donors (Lipinski definition) is 0. The summed E-state index contributed by atoms with van der Waals surface area (Å²) >= 11 is 0. The van der Waals surface area contributed by atoms with E-state index in [4.69, 9.17) is 0 Å². The third-order valence-corrected chi connectivity index (χ3v) is 2.42. The molecule has 0 radical (unpaired) electrons. The zero-order chi connectivity index (χ0) is 12.8. The van der Waals surface area contributed by atoms with Gasteiger partial charge in [-0.25, -0.2) is 4.98 Å². The van der Waals surface area contributed by atoms with Crippen molar-refractivity contribution in [1.82, 2.24) is 14.8 Å². The number of aromatic nitrogens is 1. The second-order valence-corrected chi connectivity index (χ2v) is 4.25. The monoisotopic (exact) mass is 239 g/mol. The molecule has 0 fully saturated rings. The lowest BCUT2D eigenvalue weighted by Crippen LogP contribution is -2.29. The number of carbonyl (C=O) groups is 1. The van der Waals surface area contributed by atoms with Crippen LogP contribution in [0.4, 0.5) is 4.39 Å². The van der Waals surface area contributed by atoms with E-state index in [1.54, 1.807) is 11.9 Å². The summed E-state index contributed by atoms with van der Waals surface area (Å²) < 4.78 is 12.9. The minimum Gasteiger partial charge on any atom is -0.342 e. The van der Waals surface area contributed by atoms with Crippen molar-refractivity contribution < 1.29 is 9.18 Å². The number of pyridine rings is 1. The fourth-order valence-corrected chi connectivity index (χ4v) is 1.48. The van der Waals surface area contributed by atoms with E-state index in [1.165, 1.54) is 12.3 Å². The lowest BCUT2D eigenvalue weighted by Gasteiger charge is -2.18. The molecular formula is C12H18FN3O. The number of rotatable bonds is 5. The third kappa shape index (κ3) is 4.48. The second-order valence-electron chi connectivity index (χ2n) is 4.25. The SMILES string of the molecule is CN(C)CCCN(C)C(=O)c1ccnc(F)c1. The quantitative estimate of drug-likeness (QED) is 0.725. The fourth-order valence-electron chi connectivity index (χ4n) is 1.48. The van der Waals surface area contributed by atoms with E-state index in [0.717, 1.165) is 19.0 Å². The van der Waals surface area contributed by atoms with Crippen LogP contribution < -0.4 is 0 Å². The summed E-state index contributed by atoms with van der Waals surface area (Å²) in [5.74, 6) is -0.803. The van der Waals surface area contributed by atoms with Gasteiger partial charge in [0, 0.05) is 31.4 Å². The van der Waals surface area contributed by atoms with E-state index in [9.17, 15) is 9.18 Å². The molecule has 1 aromatic heterocycles. The topological polar surface area (TPSA) is 36.4 Å². The first-order valence-corrected chi connectivity index (χ1v) is 5.52. The number of hydrogen-bond acceptors (Lipinski definition) is 3. The van der Waals surface area contributed by atoms with Crippen molar-refractivity contribution in [1.29, 1.82) is 0 Å². The highest BCUT2D eigenvalue weighted by Crippen LogP contribution is 2.04. The molecule has 0 aromatic carbocycles. The molecule has 0 aliphatic heterocycles. The van der Waals surface area contributed by atoms with Crippen molar-refractivity contribution in [3.8, 4) is 0 Å². The largest absolute Gasteiger partial charge is 0.342 e. The summed E-state index contributed by atoms with van der Waals surface area (Å²) in [6, 6.07) is 2.68. The van der Waals surface area contributed by atoms with Crippen LogP contribution in [0, 0.1) is 5.95 Å². The van der Waals surface area contributed by atoms with Crippen molar-refractivity contribution >= 4 is 5.91 Å². The minimum absolute atomic E-state index is 0.176. The minimum atomic E-state index is -0.627. The van der Waals surface area contributed by atoms with Crippen LogP contribution in [0.1, 0.15) is 16.8 Å². The molecule has 0 saturated carbocycles. The molecule has 0 aliphatic rings.